The number of likely N-dealkylation sites (N-methyl/N-ethyl adjacent to an activating group) is 1. The Morgan fingerprint density at radius 3 is 2.54 bits per heavy atom. The predicted octanol–water partition coefficient (Wildman–Crippen LogP) is 4.32. The van der Waals surface area contributed by atoms with Crippen LogP contribution in [0.15, 0.2) is 36.7 Å². The molecule has 9 nitrogen and oxygen atoms in total. The highest BCUT2D eigenvalue weighted by Gasteiger charge is 2.25. The molecule has 0 spiro atoms. The molecule has 0 bridgehead atoms. The van der Waals surface area contributed by atoms with Gasteiger partial charge in [-0.1, -0.05) is 0 Å². The Kier molecular flexibility index (Phi) is 7.21. The van der Waals surface area contributed by atoms with Crippen LogP contribution in [0.4, 0.5) is 30.4 Å². The normalized spacial score (nSPS) is 11.0. The van der Waals surface area contributed by atoms with Crippen LogP contribution in [0.1, 0.15) is 16.1 Å². The number of benzene rings is 2. The summed E-state index contributed by atoms with van der Waals surface area (Å²) in [5, 5.41) is 2.89. The van der Waals surface area contributed by atoms with Crippen molar-refractivity contribution in [2.24, 2.45) is 5.73 Å². The van der Waals surface area contributed by atoms with E-state index in [-0.39, 0.29) is 28.2 Å². The molecule has 0 saturated heterocycles. The molecule has 12 heteroatoms. The fourth-order valence-electron chi connectivity index (χ4n) is 3.82. The summed E-state index contributed by atoms with van der Waals surface area (Å²) < 4.78 is 50.2. The highest BCUT2D eigenvalue weighted by atomic mass is 19.1. The zero-order chi connectivity index (χ0) is 26.9. The van der Waals surface area contributed by atoms with Gasteiger partial charge >= 0.3 is 0 Å². The summed E-state index contributed by atoms with van der Waals surface area (Å²) >= 11 is 0. The molecule has 4 rings (SSSR count). The number of carbonyl (C=O) groups is 1. The first-order valence-electron chi connectivity index (χ1n) is 11.3. The number of hydrogen-bond donors (Lipinski definition) is 3. The lowest BCUT2D eigenvalue weighted by atomic mass is 10.2. The number of rotatable bonds is 8. The van der Waals surface area contributed by atoms with Crippen molar-refractivity contribution >= 4 is 34.0 Å². The Balaban J connectivity index is 1.74. The topological polar surface area (TPSA) is 112 Å². The molecular formula is C25H26F3N7O2. The van der Waals surface area contributed by atoms with Crippen molar-refractivity contribution in [1.82, 2.24) is 19.9 Å². The van der Waals surface area contributed by atoms with Gasteiger partial charge in [-0.2, -0.15) is 0 Å². The summed E-state index contributed by atoms with van der Waals surface area (Å²) in [7, 11) is 4.72. The van der Waals surface area contributed by atoms with E-state index in [1.807, 2.05) is 0 Å². The second-order valence-corrected chi connectivity index (χ2v) is 8.62. The fraction of sp³-hybridized carbons (Fsp3) is 0.240. The number of anilines is 3. The average Bonchev–Trinajstić information content (AvgIpc) is 3.25. The first-order valence-corrected chi connectivity index (χ1v) is 11.3. The largest absolute Gasteiger partial charge is 0.435 e. The summed E-state index contributed by atoms with van der Waals surface area (Å²) in [6.45, 7) is 2.49. The van der Waals surface area contributed by atoms with Crippen LogP contribution in [0.3, 0.4) is 0 Å². The highest BCUT2D eigenvalue weighted by Crippen LogP contribution is 2.35. The maximum atomic E-state index is 15.2. The van der Waals surface area contributed by atoms with E-state index in [9.17, 15) is 13.6 Å². The number of amides is 1. The first kappa shape index (κ1) is 25.8. The number of halogens is 3. The lowest BCUT2D eigenvalue weighted by Crippen LogP contribution is -2.25. The van der Waals surface area contributed by atoms with Gasteiger partial charge in [-0.15, -0.1) is 0 Å². The van der Waals surface area contributed by atoms with Crippen molar-refractivity contribution in [3.05, 3.63) is 65.4 Å². The number of ether oxygens (including phenoxy) is 1. The molecule has 2 aromatic carbocycles. The van der Waals surface area contributed by atoms with Gasteiger partial charge in [0.1, 0.15) is 17.7 Å². The van der Waals surface area contributed by atoms with E-state index in [1.165, 1.54) is 31.1 Å². The van der Waals surface area contributed by atoms with Crippen LogP contribution in [-0.4, -0.2) is 60.0 Å². The average molecular weight is 514 g/mol. The number of fused-ring (bicyclic) bond motifs is 1. The summed E-state index contributed by atoms with van der Waals surface area (Å²) in [5.74, 6) is -3.41. The number of nitrogens with two attached hydrogens (primary N) is 1. The summed E-state index contributed by atoms with van der Waals surface area (Å²) in [5.41, 5.74) is 6.60. The maximum Gasteiger partial charge on any atom is 0.262 e. The Labute approximate surface area is 211 Å². The van der Waals surface area contributed by atoms with Crippen molar-refractivity contribution in [2.45, 2.75) is 6.92 Å². The van der Waals surface area contributed by atoms with Crippen LogP contribution in [0.5, 0.6) is 11.6 Å². The van der Waals surface area contributed by atoms with Crippen molar-refractivity contribution in [2.75, 3.05) is 44.4 Å². The monoisotopic (exact) mass is 513 g/mol. The Bertz CT molecular complexity index is 1470. The smallest absolute Gasteiger partial charge is 0.262 e. The molecule has 4 aromatic rings. The quantitative estimate of drug-likeness (QED) is 0.322. The van der Waals surface area contributed by atoms with Gasteiger partial charge in [0.05, 0.1) is 11.2 Å². The number of hydrogen-bond acceptors (Lipinski definition) is 7. The van der Waals surface area contributed by atoms with Crippen LogP contribution in [-0.2, 0) is 0 Å². The standard InChI is InChI=1S/C25H26F3N7O2/c1-13-9-15-21(28)19(11-17(27)22(15)32-13)37-24-20(25(36)34(2)3)23(30-12-31-24)33-14-5-6-18(16(26)10-14)35(4)8-7-29/h5-6,9-12,32H,7-8,29H2,1-4H3,(H,30,31,33). The van der Waals surface area contributed by atoms with Gasteiger partial charge < -0.3 is 30.6 Å². The molecule has 0 radical (unpaired) electrons. The van der Waals surface area contributed by atoms with Crippen molar-refractivity contribution in [3.8, 4) is 11.6 Å². The SMILES string of the molecule is Cc1cc2c(F)c(Oc3ncnc(Nc4ccc(N(C)CCN)c(F)c4)c3C(=O)N(C)C)cc(F)c2[nH]1. The fourth-order valence-corrected chi connectivity index (χ4v) is 3.82. The van der Waals surface area contributed by atoms with E-state index in [4.69, 9.17) is 10.5 Å². The maximum absolute atomic E-state index is 15.2. The Morgan fingerprint density at radius 2 is 1.86 bits per heavy atom. The first-order chi connectivity index (χ1) is 17.6. The molecule has 2 heterocycles. The van der Waals surface area contributed by atoms with E-state index in [0.717, 1.165) is 12.4 Å². The van der Waals surface area contributed by atoms with Gasteiger partial charge in [0, 0.05) is 57.1 Å². The van der Waals surface area contributed by atoms with Crippen LogP contribution < -0.4 is 20.7 Å². The summed E-state index contributed by atoms with van der Waals surface area (Å²) in [4.78, 5) is 26.9. The van der Waals surface area contributed by atoms with Gasteiger partial charge in [0.2, 0.25) is 5.88 Å². The van der Waals surface area contributed by atoms with Gasteiger partial charge in [0.15, 0.2) is 23.2 Å². The van der Waals surface area contributed by atoms with E-state index >= 15 is 4.39 Å². The van der Waals surface area contributed by atoms with Crippen molar-refractivity contribution in [1.29, 1.82) is 0 Å². The van der Waals surface area contributed by atoms with E-state index in [1.54, 1.807) is 31.0 Å². The number of aryl methyl sites for hydroxylation is 1. The molecule has 0 fully saturated rings. The zero-order valence-corrected chi connectivity index (χ0v) is 20.7. The van der Waals surface area contributed by atoms with E-state index in [0.29, 0.717) is 30.2 Å². The second kappa shape index (κ2) is 10.3. The summed E-state index contributed by atoms with van der Waals surface area (Å²) in [6.07, 6.45) is 1.09. The number of aromatic nitrogens is 3. The Hall–Kier alpha value is -4.32. The van der Waals surface area contributed by atoms with Gasteiger partial charge in [-0.25, -0.2) is 23.1 Å². The number of H-pyrrole nitrogens is 1. The lowest BCUT2D eigenvalue weighted by molar-refractivity contribution is 0.0825. The zero-order valence-electron chi connectivity index (χ0n) is 20.7. The molecule has 2 aromatic heterocycles. The predicted molar refractivity (Wildman–Crippen MR) is 135 cm³/mol. The lowest BCUT2D eigenvalue weighted by Gasteiger charge is -2.20. The van der Waals surface area contributed by atoms with Crippen LogP contribution >= 0.6 is 0 Å². The molecule has 0 aliphatic heterocycles. The molecule has 1 amide bonds. The number of nitrogens with one attached hydrogen (secondary N) is 2. The third kappa shape index (κ3) is 5.14. The molecule has 0 unspecified atom stereocenters. The number of carbonyl (C=O) groups excluding carboxylic acids is 1. The molecule has 194 valence electrons. The van der Waals surface area contributed by atoms with Gasteiger partial charge in [-0.05, 0) is 31.2 Å². The molecule has 0 atom stereocenters. The number of nitrogens with zero attached hydrogens (tertiary/aromatic N) is 4. The third-order valence-corrected chi connectivity index (χ3v) is 5.63. The van der Waals surface area contributed by atoms with E-state index < -0.39 is 29.1 Å². The molecule has 4 N–H and O–H groups in total. The van der Waals surface area contributed by atoms with Crippen LogP contribution in [0.2, 0.25) is 0 Å². The van der Waals surface area contributed by atoms with E-state index in [2.05, 4.69) is 20.3 Å². The van der Waals surface area contributed by atoms with Crippen LogP contribution in [0, 0.1) is 24.4 Å². The minimum absolute atomic E-state index is 0.000402. The van der Waals surface area contributed by atoms with Crippen molar-refractivity contribution < 1.29 is 22.7 Å². The van der Waals surface area contributed by atoms with Gasteiger partial charge in [0.25, 0.3) is 5.91 Å². The Morgan fingerprint density at radius 1 is 1.11 bits per heavy atom. The van der Waals surface area contributed by atoms with Crippen molar-refractivity contribution in [3.63, 3.8) is 0 Å². The minimum atomic E-state index is -0.823. The molecule has 0 saturated carbocycles. The molecular weight excluding hydrogens is 487 g/mol. The summed E-state index contributed by atoms with van der Waals surface area (Å²) in [6, 6.07) is 6.73. The minimum Gasteiger partial charge on any atom is -0.435 e. The third-order valence-electron chi connectivity index (χ3n) is 5.63. The van der Waals surface area contributed by atoms with Crippen LogP contribution in [0.25, 0.3) is 10.9 Å². The number of aromatic amines is 1. The molecule has 0 aliphatic rings. The molecule has 37 heavy (non-hydrogen) atoms. The van der Waals surface area contributed by atoms with Gasteiger partial charge in [-0.3, -0.25) is 4.79 Å². The molecule has 0 aliphatic carbocycles. The highest BCUT2D eigenvalue weighted by molar-refractivity contribution is 6.01. The second-order valence-electron chi connectivity index (χ2n) is 8.62.